The van der Waals surface area contributed by atoms with Gasteiger partial charge in [-0.05, 0) is 61.9 Å². The van der Waals surface area contributed by atoms with E-state index >= 15 is 0 Å². The Balaban J connectivity index is 2.23. The number of allylic oxidation sites excluding steroid dienone is 3. The Morgan fingerprint density at radius 1 is 1.39 bits per heavy atom. The van der Waals surface area contributed by atoms with Crippen molar-refractivity contribution in [3.8, 4) is 11.5 Å². The number of hydrogen-bond donors (Lipinski definition) is 3. The molecule has 4 nitrogen and oxygen atoms in total. The minimum absolute atomic E-state index is 0.185. The molecule has 1 aliphatic heterocycles. The predicted octanol–water partition coefficient (Wildman–Crippen LogP) is 3.28. The monoisotopic (exact) mass is 313 g/mol. The molecule has 4 heteroatoms. The van der Waals surface area contributed by atoms with Crippen LogP contribution in [0, 0.1) is 0 Å². The average Bonchev–Trinajstić information content (AvgIpc) is 2.52. The quantitative estimate of drug-likeness (QED) is 0.705. The molecule has 1 aromatic carbocycles. The molecule has 1 heterocycles. The second-order valence-corrected chi connectivity index (χ2v) is 5.70. The van der Waals surface area contributed by atoms with Gasteiger partial charge in [-0.15, -0.1) is 6.58 Å². The van der Waals surface area contributed by atoms with Crippen molar-refractivity contribution in [3.05, 3.63) is 65.9 Å². The minimum atomic E-state index is -1.23. The number of benzene rings is 1. The Morgan fingerprint density at radius 3 is 2.78 bits per heavy atom. The highest BCUT2D eigenvalue weighted by atomic mass is 16.5. The van der Waals surface area contributed by atoms with Gasteiger partial charge in [0.1, 0.15) is 11.5 Å². The maximum atomic E-state index is 10.3. The van der Waals surface area contributed by atoms with Gasteiger partial charge in [0.15, 0.2) is 5.72 Å². The third-order valence-corrected chi connectivity index (χ3v) is 3.63. The Labute approximate surface area is 137 Å². The molecule has 1 atom stereocenters. The van der Waals surface area contributed by atoms with Crippen molar-refractivity contribution >= 4 is 6.08 Å². The number of rotatable bonds is 6. The molecule has 2 rings (SSSR count). The second kappa shape index (κ2) is 7.20. The fraction of sp³-hybridized carbons (Fsp3) is 0.263. The van der Waals surface area contributed by atoms with Crippen LogP contribution in [0.3, 0.4) is 0 Å². The van der Waals surface area contributed by atoms with Crippen molar-refractivity contribution in [1.29, 1.82) is 0 Å². The highest BCUT2D eigenvalue weighted by Gasteiger charge is 2.18. The van der Waals surface area contributed by atoms with Crippen LogP contribution in [0.5, 0.6) is 11.5 Å². The van der Waals surface area contributed by atoms with Crippen LogP contribution in [0.4, 0.5) is 0 Å². The van der Waals surface area contributed by atoms with Gasteiger partial charge in [-0.3, -0.25) is 0 Å². The van der Waals surface area contributed by atoms with Gasteiger partial charge in [0, 0.05) is 5.56 Å². The van der Waals surface area contributed by atoms with Crippen molar-refractivity contribution in [2.24, 2.45) is 0 Å². The third-order valence-electron chi connectivity index (χ3n) is 3.63. The lowest BCUT2D eigenvalue weighted by Gasteiger charge is -2.23. The Kier molecular flexibility index (Phi) is 5.29. The van der Waals surface area contributed by atoms with Gasteiger partial charge in [-0.2, -0.15) is 0 Å². The number of ether oxygens (including phenoxy) is 1. The van der Waals surface area contributed by atoms with E-state index in [1.54, 1.807) is 49.8 Å². The first kappa shape index (κ1) is 16.9. The lowest BCUT2D eigenvalue weighted by molar-refractivity contribution is 0.120. The number of nitrogens with one attached hydrogen (secondary N) is 1. The van der Waals surface area contributed by atoms with Gasteiger partial charge >= 0.3 is 0 Å². The molecule has 0 saturated heterocycles. The summed E-state index contributed by atoms with van der Waals surface area (Å²) >= 11 is 0. The molecule has 0 bridgehead atoms. The molecule has 0 spiro atoms. The molecule has 122 valence electrons. The van der Waals surface area contributed by atoms with E-state index in [0.29, 0.717) is 12.2 Å². The van der Waals surface area contributed by atoms with E-state index in [9.17, 15) is 10.2 Å². The number of dihydropyridines is 1. The van der Waals surface area contributed by atoms with Crippen LogP contribution in [0.2, 0.25) is 0 Å². The Morgan fingerprint density at radius 2 is 2.17 bits per heavy atom. The fourth-order valence-electron chi connectivity index (χ4n) is 2.33. The average molecular weight is 313 g/mol. The van der Waals surface area contributed by atoms with Gasteiger partial charge in [0.2, 0.25) is 0 Å². The lowest BCUT2D eigenvalue weighted by Crippen LogP contribution is -2.38. The summed E-state index contributed by atoms with van der Waals surface area (Å²) in [6.07, 6.45) is 11.7. The predicted molar refractivity (Wildman–Crippen MR) is 93.2 cm³/mol. The van der Waals surface area contributed by atoms with Crippen LogP contribution < -0.4 is 10.1 Å². The zero-order chi connectivity index (χ0) is 16.9. The SMILES string of the molecule is C=C(C)CCc1c(O)cc(/C=C/C2(O)C=CC=CN2)cc1OC. The second-order valence-electron chi connectivity index (χ2n) is 5.70. The van der Waals surface area contributed by atoms with E-state index in [1.165, 1.54) is 0 Å². The van der Waals surface area contributed by atoms with Crippen molar-refractivity contribution in [3.63, 3.8) is 0 Å². The standard InChI is InChI=1S/C19H23NO3/c1-14(2)6-7-16-17(21)12-15(13-18(16)23-3)8-10-19(22)9-4-5-11-20-19/h4-5,8-13,20-22H,1,6-7H2,2-3H3/b10-8+. The topological polar surface area (TPSA) is 61.7 Å². The molecule has 23 heavy (non-hydrogen) atoms. The summed E-state index contributed by atoms with van der Waals surface area (Å²) in [6, 6.07) is 3.51. The van der Waals surface area contributed by atoms with E-state index in [1.807, 2.05) is 13.0 Å². The summed E-state index contributed by atoms with van der Waals surface area (Å²) in [5.74, 6) is 0.814. The van der Waals surface area contributed by atoms with E-state index in [4.69, 9.17) is 4.74 Å². The molecular weight excluding hydrogens is 290 g/mol. The highest BCUT2D eigenvalue weighted by molar-refractivity contribution is 5.59. The molecule has 0 amide bonds. The molecule has 0 aromatic heterocycles. The number of aromatic hydroxyl groups is 1. The maximum absolute atomic E-state index is 10.3. The summed E-state index contributed by atoms with van der Waals surface area (Å²) < 4.78 is 5.39. The van der Waals surface area contributed by atoms with Crippen LogP contribution in [0.15, 0.2) is 54.8 Å². The first-order chi connectivity index (χ1) is 10.9. The van der Waals surface area contributed by atoms with Gasteiger partial charge in [0.05, 0.1) is 7.11 Å². The van der Waals surface area contributed by atoms with Crippen molar-refractivity contribution in [2.45, 2.75) is 25.5 Å². The van der Waals surface area contributed by atoms with Gasteiger partial charge in [-0.1, -0.05) is 17.7 Å². The van der Waals surface area contributed by atoms with Crippen molar-refractivity contribution in [1.82, 2.24) is 5.32 Å². The van der Waals surface area contributed by atoms with Crippen molar-refractivity contribution in [2.75, 3.05) is 7.11 Å². The molecule has 0 fully saturated rings. The van der Waals surface area contributed by atoms with Crippen LogP contribution in [0.1, 0.15) is 24.5 Å². The van der Waals surface area contributed by atoms with Crippen LogP contribution in [0.25, 0.3) is 6.08 Å². The van der Waals surface area contributed by atoms with E-state index < -0.39 is 5.72 Å². The van der Waals surface area contributed by atoms with E-state index in [2.05, 4.69) is 11.9 Å². The first-order valence-electron chi connectivity index (χ1n) is 7.51. The van der Waals surface area contributed by atoms with Gasteiger partial charge in [0.25, 0.3) is 0 Å². The van der Waals surface area contributed by atoms with Gasteiger partial charge in [-0.25, -0.2) is 0 Å². The molecule has 0 aliphatic carbocycles. The summed E-state index contributed by atoms with van der Waals surface area (Å²) in [5.41, 5.74) is 1.35. The van der Waals surface area contributed by atoms with Gasteiger partial charge < -0.3 is 20.3 Å². The molecular formula is C19H23NO3. The molecule has 1 unspecified atom stereocenters. The number of methoxy groups -OCH3 is 1. The van der Waals surface area contributed by atoms with Crippen LogP contribution in [-0.4, -0.2) is 23.0 Å². The number of phenols is 1. The van der Waals surface area contributed by atoms with Crippen molar-refractivity contribution < 1.29 is 14.9 Å². The summed E-state index contributed by atoms with van der Waals surface area (Å²) in [5, 5.41) is 23.4. The molecule has 3 N–H and O–H groups in total. The molecule has 0 radical (unpaired) electrons. The number of hydrogen-bond acceptors (Lipinski definition) is 4. The summed E-state index contributed by atoms with van der Waals surface area (Å²) in [4.78, 5) is 0. The Hall–Kier alpha value is -2.46. The third kappa shape index (κ3) is 4.50. The maximum Gasteiger partial charge on any atom is 0.174 e. The number of phenolic OH excluding ortho intramolecular Hbond substituents is 1. The molecule has 1 aliphatic rings. The summed E-state index contributed by atoms with van der Waals surface area (Å²) in [6.45, 7) is 5.84. The Bertz CT molecular complexity index is 673. The van der Waals surface area contributed by atoms with E-state index in [-0.39, 0.29) is 5.75 Å². The zero-order valence-corrected chi connectivity index (χ0v) is 13.5. The lowest BCUT2D eigenvalue weighted by atomic mass is 10.0. The number of aliphatic hydroxyl groups is 1. The molecule has 1 aromatic rings. The van der Waals surface area contributed by atoms with Crippen LogP contribution in [-0.2, 0) is 6.42 Å². The minimum Gasteiger partial charge on any atom is -0.508 e. The van der Waals surface area contributed by atoms with Crippen LogP contribution >= 0.6 is 0 Å². The summed E-state index contributed by atoms with van der Waals surface area (Å²) in [7, 11) is 1.58. The fourth-order valence-corrected chi connectivity index (χ4v) is 2.33. The molecule has 0 saturated carbocycles. The largest absolute Gasteiger partial charge is 0.508 e. The highest BCUT2D eigenvalue weighted by Crippen LogP contribution is 2.32. The zero-order valence-electron chi connectivity index (χ0n) is 13.5. The first-order valence-corrected chi connectivity index (χ1v) is 7.51. The normalized spacial score (nSPS) is 19.8. The smallest absolute Gasteiger partial charge is 0.174 e. The van der Waals surface area contributed by atoms with E-state index in [0.717, 1.165) is 23.1 Å².